The summed E-state index contributed by atoms with van der Waals surface area (Å²) in [6, 6.07) is 11.7. The molecule has 1 aromatic heterocycles. The lowest BCUT2D eigenvalue weighted by Gasteiger charge is -2.33. The number of thiocarbonyl (C=S) groups is 1. The Morgan fingerprint density at radius 3 is 2.58 bits per heavy atom. The van der Waals surface area contributed by atoms with E-state index in [1.165, 1.54) is 19.3 Å². The summed E-state index contributed by atoms with van der Waals surface area (Å²) in [5.41, 5.74) is 0.921. The first-order valence-electron chi connectivity index (χ1n) is 8.30. The second kappa shape index (κ2) is 8.51. The van der Waals surface area contributed by atoms with Gasteiger partial charge in [-0.3, -0.25) is 4.90 Å². The zero-order valence-corrected chi connectivity index (χ0v) is 15.1. The van der Waals surface area contributed by atoms with Gasteiger partial charge in [0.1, 0.15) is 5.76 Å². The van der Waals surface area contributed by atoms with Crippen LogP contribution in [0, 0.1) is 0 Å². The molecule has 2 aromatic rings. The van der Waals surface area contributed by atoms with Crippen molar-refractivity contribution in [1.82, 2.24) is 10.2 Å². The molecule has 0 unspecified atom stereocenters. The fourth-order valence-corrected chi connectivity index (χ4v) is 3.35. The lowest BCUT2D eigenvalue weighted by atomic mass is 10.1. The Bertz CT molecular complexity index is 639. The van der Waals surface area contributed by atoms with Crippen LogP contribution in [0.2, 0.25) is 5.02 Å². The maximum Gasteiger partial charge on any atom is 0.170 e. The van der Waals surface area contributed by atoms with E-state index < -0.39 is 0 Å². The van der Waals surface area contributed by atoms with Gasteiger partial charge in [-0.1, -0.05) is 18.0 Å². The summed E-state index contributed by atoms with van der Waals surface area (Å²) in [6.07, 6.45) is 5.53. The van der Waals surface area contributed by atoms with E-state index in [1.807, 2.05) is 36.4 Å². The van der Waals surface area contributed by atoms with Crippen LogP contribution in [0.1, 0.15) is 31.1 Å². The highest BCUT2D eigenvalue weighted by Gasteiger charge is 2.24. The average molecular weight is 364 g/mol. The number of hydrogen-bond donors (Lipinski definition) is 2. The van der Waals surface area contributed by atoms with E-state index >= 15 is 0 Å². The fourth-order valence-electron chi connectivity index (χ4n) is 3.02. The van der Waals surface area contributed by atoms with Crippen molar-refractivity contribution in [3.63, 3.8) is 0 Å². The van der Waals surface area contributed by atoms with Gasteiger partial charge in [-0.15, -0.1) is 0 Å². The predicted octanol–water partition coefficient (Wildman–Crippen LogP) is 4.45. The molecule has 1 fully saturated rings. The van der Waals surface area contributed by atoms with Crippen molar-refractivity contribution in [3.8, 4) is 0 Å². The van der Waals surface area contributed by atoms with Crippen molar-refractivity contribution >= 4 is 34.6 Å². The Kier molecular flexibility index (Phi) is 6.12. The van der Waals surface area contributed by atoms with Gasteiger partial charge in [0, 0.05) is 17.3 Å². The van der Waals surface area contributed by atoms with Crippen molar-refractivity contribution in [2.45, 2.75) is 25.3 Å². The third-order valence-corrected chi connectivity index (χ3v) is 4.76. The van der Waals surface area contributed by atoms with E-state index in [0.29, 0.717) is 16.7 Å². The second-order valence-electron chi connectivity index (χ2n) is 5.97. The lowest BCUT2D eigenvalue weighted by molar-refractivity contribution is 0.146. The van der Waals surface area contributed by atoms with Crippen molar-refractivity contribution in [2.24, 2.45) is 0 Å². The number of halogens is 1. The molecule has 0 amide bonds. The molecule has 6 heteroatoms. The van der Waals surface area contributed by atoms with Crippen LogP contribution in [0.3, 0.4) is 0 Å². The number of nitrogens with zero attached hydrogens (tertiary/aromatic N) is 1. The zero-order valence-electron chi connectivity index (χ0n) is 13.5. The minimum atomic E-state index is 0.199. The van der Waals surface area contributed by atoms with Gasteiger partial charge in [0.2, 0.25) is 0 Å². The minimum Gasteiger partial charge on any atom is -0.468 e. The van der Waals surface area contributed by atoms with Gasteiger partial charge in [0.05, 0.1) is 12.3 Å². The monoisotopic (exact) mass is 363 g/mol. The zero-order chi connectivity index (χ0) is 16.8. The number of nitrogens with one attached hydrogen (secondary N) is 2. The van der Waals surface area contributed by atoms with Gasteiger partial charge in [-0.05, 0) is 74.5 Å². The van der Waals surface area contributed by atoms with Crippen LogP contribution in [-0.4, -0.2) is 29.6 Å². The van der Waals surface area contributed by atoms with Crippen molar-refractivity contribution in [2.75, 3.05) is 25.0 Å². The SMILES string of the molecule is S=C(NC[C@H](c1ccco1)N1CCCCC1)Nc1ccc(Cl)cc1. The number of furan rings is 1. The first-order valence-corrected chi connectivity index (χ1v) is 9.09. The first kappa shape index (κ1) is 17.3. The average Bonchev–Trinajstić information content (AvgIpc) is 3.12. The normalized spacial score (nSPS) is 16.5. The molecule has 3 rings (SSSR count). The lowest BCUT2D eigenvalue weighted by Crippen LogP contribution is -2.41. The minimum absolute atomic E-state index is 0.199. The summed E-state index contributed by atoms with van der Waals surface area (Å²) in [5.74, 6) is 0.985. The molecule has 24 heavy (non-hydrogen) atoms. The molecule has 1 aliphatic rings. The third-order valence-electron chi connectivity index (χ3n) is 4.26. The topological polar surface area (TPSA) is 40.4 Å². The van der Waals surface area contributed by atoms with E-state index in [0.717, 1.165) is 24.5 Å². The number of likely N-dealkylation sites (tertiary alicyclic amines) is 1. The number of hydrogen-bond acceptors (Lipinski definition) is 3. The first-order chi connectivity index (χ1) is 11.7. The largest absolute Gasteiger partial charge is 0.468 e. The smallest absolute Gasteiger partial charge is 0.170 e. The molecular formula is C18H22ClN3OS. The predicted molar refractivity (Wildman–Crippen MR) is 103 cm³/mol. The number of rotatable bonds is 5. The fraction of sp³-hybridized carbons (Fsp3) is 0.389. The Hall–Kier alpha value is -1.56. The van der Waals surface area contributed by atoms with Crippen LogP contribution >= 0.6 is 23.8 Å². The number of piperidine rings is 1. The molecule has 1 aliphatic heterocycles. The molecule has 2 N–H and O–H groups in total. The van der Waals surface area contributed by atoms with E-state index in [-0.39, 0.29) is 6.04 Å². The summed E-state index contributed by atoms with van der Waals surface area (Å²) in [5, 5.41) is 7.82. The maximum absolute atomic E-state index is 5.90. The molecule has 0 bridgehead atoms. The van der Waals surface area contributed by atoms with E-state index in [9.17, 15) is 0 Å². The Morgan fingerprint density at radius 2 is 1.92 bits per heavy atom. The second-order valence-corrected chi connectivity index (χ2v) is 6.81. The standard InChI is InChI=1S/C18H22ClN3OS/c19-14-6-8-15(9-7-14)21-18(24)20-13-16(17-5-4-12-23-17)22-10-2-1-3-11-22/h4-9,12,16H,1-3,10-11,13H2,(H2,20,21,24)/t16-/m1/s1. The molecule has 0 saturated carbocycles. The van der Waals surface area contributed by atoms with E-state index in [2.05, 4.69) is 15.5 Å². The molecule has 4 nitrogen and oxygen atoms in total. The third kappa shape index (κ3) is 4.72. The summed E-state index contributed by atoms with van der Waals surface area (Å²) in [6.45, 7) is 2.92. The van der Waals surface area contributed by atoms with Crippen molar-refractivity contribution in [1.29, 1.82) is 0 Å². The molecule has 0 aliphatic carbocycles. The van der Waals surface area contributed by atoms with Gasteiger partial charge in [-0.25, -0.2) is 0 Å². The summed E-state index contributed by atoms with van der Waals surface area (Å²) in [4.78, 5) is 2.47. The summed E-state index contributed by atoms with van der Waals surface area (Å²) in [7, 11) is 0. The number of anilines is 1. The number of benzene rings is 1. The molecule has 2 heterocycles. The van der Waals surface area contributed by atoms with Gasteiger partial charge in [0.15, 0.2) is 5.11 Å². The van der Waals surface area contributed by atoms with Crippen LogP contribution in [0.4, 0.5) is 5.69 Å². The molecular weight excluding hydrogens is 342 g/mol. The van der Waals surface area contributed by atoms with Gasteiger partial charge >= 0.3 is 0 Å². The molecule has 0 radical (unpaired) electrons. The Labute approximate surface area is 153 Å². The summed E-state index contributed by atoms with van der Waals surface area (Å²) >= 11 is 11.3. The van der Waals surface area contributed by atoms with Crippen LogP contribution in [0.25, 0.3) is 0 Å². The van der Waals surface area contributed by atoms with Crippen molar-refractivity contribution < 1.29 is 4.42 Å². The molecule has 1 aromatic carbocycles. The molecule has 0 spiro atoms. The highest BCUT2D eigenvalue weighted by molar-refractivity contribution is 7.80. The van der Waals surface area contributed by atoms with Crippen LogP contribution in [0.5, 0.6) is 0 Å². The Balaban J connectivity index is 1.58. The van der Waals surface area contributed by atoms with E-state index in [4.69, 9.17) is 28.2 Å². The van der Waals surface area contributed by atoms with E-state index in [1.54, 1.807) is 6.26 Å². The van der Waals surface area contributed by atoms with Crippen LogP contribution < -0.4 is 10.6 Å². The highest BCUT2D eigenvalue weighted by Crippen LogP contribution is 2.24. The van der Waals surface area contributed by atoms with Crippen LogP contribution in [0.15, 0.2) is 47.1 Å². The van der Waals surface area contributed by atoms with Crippen LogP contribution in [-0.2, 0) is 0 Å². The maximum atomic E-state index is 5.90. The molecule has 1 saturated heterocycles. The Morgan fingerprint density at radius 1 is 1.17 bits per heavy atom. The molecule has 1 atom stereocenters. The van der Waals surface area contributed by atoms with Gasteiger partial charge < -0.3 is 15.1 Å². The molecule has 128 valence electrons. The quantitative estimate of drug-likeness (QED) is 0.768. The highest BCUT2D eigenvalue weighted by atomic mass is 35.5. The van der Waals surface area contributed by atoms with Crippen molar-refractivity contribution in [3.05, 3.63) is 53.4 Å². The van der Waals surface area contributed by atoms with Gasteiger partial charge in [-0.2, -0.15) is 0 Å². The summed E-state index contributed by atoms with van der Waals surface area (Å²) < 4.78 is 5.65. The van der Waals surface area contributed by atoms with Gasteiger partial charge in [0.25, 0.3) is 0 Å².